The maximum atomic E-state index is 12.3. The predicted octanol–water partition coefficient (Wildman–Crippen LogP) is 3.69. The number of fused-ring (bicyclic) bond motifs is 1. The first-order valence-electron chi connectivity index (χ1n) is 8.12. The molecule has 5 nitrogen and oxygen atoms in total. The molecule has 0 radical (unpaired) electrons. The van der Waals surface area contributed by atoms with Crippen molar-refractivity contribution in [2.24, 2.45) is 0 Å². The highest BCUT2D eigenvalue weighted by Gasteiger charge is 2.12. The van der Waals surface area contributed by atoms with E-state index < -0.39 is 0 Å². The van der Waals surface area contributed by atoms with Crippen LogP contribution in [0.15, 0.2) is 48.5 Å². The highest BCUT2D eigenvalue weighted by Crippen LogP contribution is 2.22. The number of aromatic nitrogens is 1. The number of rotatable bonds is 6. The monoisotopic (exact) mass is 355 g/mol. The van der Waals surface area contributed by atoms with Gasteiger partial charge < -0.3 is 15.0 Å². The summed E-state index contributed by atoms with van der Waals surface area (Å²) in [4.78, 5) is 18.5. The predicted molar refractivity (Wildman–Crippen MR) is 101 cm³/mol. The molecule has 2 amide bonds. The molecule has 0 bridgehead atoms. The van der Waals surface area contributed by atoms with Crippen molar-refractivity contribution in [3.05, 3.63) is 59.1 Å². The van der Waals surface area contributed by atoms with Gasteiger partial charge in [-0.1, -0.05) is 30.3 Å². The largest absolute Gasteiger partial charge is 0.496 e. The molecule has 6 heteroatoms. The Morgan fingerprint density at radius 1 is 1.20 bits per heavy atom. The van der Waals surface area contributed by atoms with Crippen molar-refractivity contribution < 1.29 is 9.53 Å². The molecule has 3 rings (SSSR count). The number of thiazole rings is 1. The molecule has 0 saturated carbocycles. The van der Waals surface area contributed by atoms with Crippen molar-refractivity contribution in [2.45, 2.75) is 13.0 Å². The van der Waals surface area contributed by atoms with Gasteiger partial charge in [0.1, 0.15) is 10.8 Å². The average molecular weight is 355 g/mol. The van der Waals surface area contributed by atoms with E-state index in [1.165, 1.54) is 0 Å². The van der Waals surface area contributed by atoms with Crippen LogP contribution in [0.3, 0.4) is 0 Å². The van der Waals surface area contributed by atoms with Crippen molar-refractivity contribution in [3.63, 3.8) is 0 Å². The summed E-state index contributed by atoms with van der Waals surface area (Å²) in [5, 5.41) is 3.88. The summed E-state index contributed by atoms with van der Waals surface area (Å²) >= 11 is 1.62. The van der Waals surface area contributed by atoms with Crippen LogP contribution in [0, 0.1) is 0 Å². The normalized spacial score (nSPS) is 10.6. The fraction of sp³-hybridized carbons (Fsp3) is 0.263. The highest BCUT2D eigenvalue weighted by atomic mass is 32.1. The molecule has 0 aliphatic carbocycles. The topological polar surface area (TPSA) is 54.5 Å². The van der Waals surface area contributed by atoms with E-state index >= 15 is 0 Å². The molecular weight excluding hydrogens is 334 g/mol. The van der Waals surface area contributed by atoms with Crippen molar-refractivity contribution in [1.29, 1.82) is 0 Å². The van der Waals surface area contributed by atoms with E-state index in [2.05, 4.69) is 10.3 Å². The van der Waals surface area contributed by atoms with E-state index in [-0.39, 0.29) is 6.03 Å². The standard InChI is InChI=1S/C19H21N3O2S/c1-22(13-18-21-15-8-4-6-10-17(15)25-18)19(23)20-12-11-14-7-3-5-9-16(14)24-2/h3-10H,11-13H2,1-2H3,(H,20,23). The number of benzene rings is 2. The molecule has 0 spiro atoms. The smallest absolute Gasteiger partial charge is 0.317 e. The van der Waals surface area contributed by atoms with Gasteiger partial charge in [-0.25, -0.2) is 9.78 Å². The Morgan fingerprint density at radius 3 is 2.76 bits per heavy atom. The number of urea groups is 1. The molecule has 1 heterocycles. The molecule has 1 N–H and O–H groups in total. The van der Waals surface area contributed by atoms with Crippen LogP contribution >= 0.6 is 11.3 Å². The van der Waals surface area contributed by atoms with Crippen molar-refractivity contribution >= 4 is 27.6 Å². The van der Waals surface area contributed by atoms with E-state index in [4.69, 9.17) is 4.74 Å². The van der Waals surface area contributed by atoms with Gasteiger partial charge in [-0.3, -0.25) is 0 Å². The number of hydrogen-bond donors (Lipinski definition) is 1. The highest BCUT2D eigenvalue weighted by molar-refractivity contribution is 7.18. The first-order chi connectivity index (χ1) is 12.2. The van der Waals surface area contributed by atoms with E-state index in [9.17, 15) is 4.79 Å². The Kier molecular flexibility index (Phi) is 5.50. The Morgan fingerprint density at radius 2 is 1.96 bits per heavy atom. The summed E-state index contributed by atoms with van der Waals surface area (Å²) in [6.07, 6.45) is 0.727. The molecular formula is C19H21N3O2S. The number of carbonyl (C=O) groups excluding carboxylic acids is 1. The fourth-order valence-corrected chi connectivity index (χ4v) is 3.63. The molecule has 0 aliphatic rings. The third-order valence-corrected chi connectivity index (χ3v) is 4.94. The van der Waals surface area contributed by atoms with Gasteiger partial charge in [0.2, 0.25) is 0 Å². The molecule has 2 aromatic carbocycles. The number of nitrogens with zero attached hydrogens (tertiary/aromatic N) is 2. The first-order valence-corrected chi connectivity index (χ1v) is 8.94. The van der Waals surface area contributed by atoms with E-state index in [0.717, 1.165) is 33.0 Å². The maximum absolute atomic E-state index is 12.3. The molecule has 1 aromatic heterocycles. The second-order valence-corrected chi connectivity index (χ2v) is 6.84. The van der Waals surface area contributed by atoms with E-state index in [1.807, 2.05) is 48.5 Å². The summed E-state index contributed by atoms with van der Waals surface area (Å²) in [6.45, 7) is 1.06. The number of carbonyl (C=O) groups is 1. The zero-order valence-electron chi connectivity index (χ0n) is 14.4. The summed E-state index contributed by atoms with van der Waals surface area (Å²) in [6, 6.07) is 15.7. The second-order valence-electron chi connectivity index (χ2n) is 5.73. The quantitative estimate of drug-likeness (QED) is 0.734. The molecule has 0 atom stereocenters. The third-order valence-electron chi connectivity index (χ3n) is 3.92. The number of hydrogen-bond acceptors (Lipinski definition) is 4. The van der Waals surface area contributed by atoms with Crippen LogP contribution < -0.4 is 10.1 Å². The van der Waals surface area contributed by atoms with Crippen LogP contribution in [-0.4, -0.2) is 36.6 Å². The molecule has 0 aliphatic heterocycles. The van der Waals surface area contributed by atoms with Crippen molar-refractivity contribution in [3.8, 4) is 5.75 Å². The van der Waals surface area contributed by atoms with Crippen LogP contribution in [0.5, 0.6) is 5.75 Å². The zero-order valence-corrected chi connectivity index (χ0v) is 15.2. The van der Waals surface area contributed by atoms with Gasteiger partial charge in [-0.15, -0.1) is 11.3 Å². The van der Waals surface area contributed by atoms with E-state index in [1.54, 1.807) is 30.4 Å². The summed E-state index contributed by atoms with van der Waals surface area (Å²) in [7, 11) is 3.44. The lowest BCUT2D eigenvalue weighted by atomic mass is 10.1. The molecule has 130 valence electrons. The van der Waals surface area contributed by atoms with Crippen LogP contribution in [0.4, 0.5) is 4.79 Å². The van der Waals surface area contributed by atoms with Crippen molar-refractivity contribution in [2.75, 3.05) is 20.7 Å². The van der Waals surface area contributed by atoms with Gasteiger partial charge in [0.25, 0.3) is 0 Å². The lowest BCUT2D eigenvalue weighted by molar-refractivity contribution is 0.207. The van der Waals surface area contributed by atoms with Gasteiger partial charge in [0, 0.05) is 13.6 Å². The van der Waals surface area contributed by atoms with Crippen LogP contribution in [0.2, 0.25) is 0 Å². The number of methoxy groups -OCH3 is 1. The SMILES string of the molecule is COc1ccccc1CCNC(=O)N(C)Cc1nc2ccccc2s1. The first kappa shape index (κ1) is 17.2. The lowest BCUT2D eigenvalue weighted by Crippen LogP contribution is -2.37. The number of nitrogens with one attached hydrogen (secondary N) is 1. The Balaban J connectivity index is 1.52. The Labute approximate surface area is 151 Å². The number of ether oxygens (including phenoxy) is 1. The van der Waals surface area contributed by atoms with Gasteiger partial charge in [-0.2, -0.15) is 0 Å². The summed E-state index contributed by atoms with van der Waals surface area (Å²) in [5.74, 6) is 0.847. The zero-order chi connectivity index (χ0) is 17.6. The Bertz CT molecular complexity index is 830. The fourth-order valence-electron chi connectivity index (χ4n) is 2.61. The molecule has 25 heavy (non-hydrogen) atoms. The minimum Gasteiger partial charge on any atom is -0.496 e. The molecule has 0 fully saturated rings. The van der Waals surface area contributed by atoms with Gasteiger partial charge in [0.15, 0.2) is 0 Å². The molecule has 0 unspecified atom stereocenters. The minimum absolute atomic E-state index is 0.103. The third kappa shape index (κ3) is 4.28. The maximum Gasteiger partial charge on any atom is 0.317 e. The van der Waals surface area contributed by atoms with Gasteiger partial charge in [0.05, 0.1) is 23.9 Å². The van der Waals surface area contributed by atoms with E-state index in [0.29, 0.717) is 13.1 Å². The lowest BCUT2D eigenvalue weighted by Gasteiger charge is -2.17. The minimum atomic E-state index is -0.103. The Hall–Kier alpha value is -2.60. The number of para-hydroxylation sites is 2. The van der Waals surface area contributed by atoms with Crippen LogP contribution in [-0.2, 0) is 13.0 Å². The van der Waals surface area contributed by atoms with Crippen LogP contribution in [0.25, 0.3) is 10.2 Å². The van der Waals surface area contributed by atoms with Crippen molar-refractivity contribution in [1.82, 2.24) is 15.2 Å². The van der Waals surface area contributed by atoms with Gasteiger partial charge >= 0.3 is 6.03 Å². The summed E-state index contributed by atoms with van der Waals surface area (Å²) in [5.41, 5.74) is 2.06. The molecule has 3 aromatic rings. The van der Waals surface area contributed by atoms with Gasteiger partial charge in [-0.05, 0) is 30.2 Å². The number of amides is 2. The average Bonchev–Trinajstić information content (AvgIpc) is 3.04. The second kappa shape index (κ2) is 7.98. The summed E-state index contributed by atoms with van der Waals surface area (Å²) < 4.78 is 6.47. The molecule has 0 saturated heterocycles. The van der Waals surface area contributed by atoms with Crippen LogP contribution in [0.1, 0.15) is 10.6 Å².